The van der Waals surface area contributed by atoms with Gasteiger partial charge in [-0.15, -0.1) is 0 Å². The van der Waals surface area contributed by atoms with Gasteiger partial charge >= 0.3 is 0 Å². The van der Waals surface area contributed by atoms with Crippen LogP contribution < -0.4 is 11.1 Å². The molecule has 1 heterocycles. The molecule has 0 bridgehead atoms. The van der Waals surface area contributed by atoms with E-state index in [4.69, 9.17) is 5.73 Å². The van der Waals surface area contributed by atoms with Crippen molar-refractivity contribution < 1.29 is 4.79 Å². The summed E-state index contributed by atoms with van der Waals surface area (Å²) in [5.41, 5.74) is 8.10. The number of nitrogens with one attached hydrogen (secondary N) is 1. The van der Waals surface area contributed by atoms with E-state index in [1.807, 2.05) is 24.3 Å². The Morgan fingerprint density at radius 2 is 1.79 bits per heavy atom. The molecule has 1 amide bonds. The fourth-order valence-electron chi connectivity index (χ4n) is 1.68. The largest absolute Gasteiger partial charge is 0.330 e. The van der Waals surface area contributed by atoms with Crippen molar-refractivity contribution >= 4 is 11.6 Å². The van der Waals surface area contributed by atoms with Gasteiger partial charge in [0.15, 0.2) is 0 Å². The smallest absolute Gasteiger partial charge is 0.224 e. The molecule has 0 spiro atoms. The van der Waals surface area contributed by atoms with Crippen molar-refractivity contribution in [2.45, 2.75) is 12.8 Å². The Labute approximate surface area is 111 Å². The first-order valence-corrected chi connectivity index (χ1v) is 6.15. The maximum absolute atomic E-state index is 11.5. The van der Waals surface area contributed by atoms with E-state index in [0.717, 1.165) is 16.8 Å². The second kappa shape index (κ2) is 6.61. The summed E-state index contributed by atoms with van der Waals surface area (Å²) >= 11 is 0. The minimum absolute atomic E-state index is 0.0127. The van der Waals surface area contributed by atoms with Crippen molar-refractivity contribution in [1.82, 2.24) is 9.97 Å². The molecule has 19 heavy (non-hydrogen) atoms. The monoisotopic (exact) mass is 256 g/mol. The van der Waals surface area contributed by atoms with Gasteiger partial charge < -0.3 is 11.1 Å². The Hall–Kier alpha value is -2.27. The number of benzene rings is 1. The molecular formula is C14H16N4O. The van der Waals surface area contributed by atoms with Gasteiger partial charge in [0.05, 0.1) is 0 Å². The molecular weight excluding hydrogens is 240 g/mol. The molecule has 0 aliphatic carbocycles. The number of hydrogen-bond donors (Lipinski definition) is 2. The standard InChI is InChI=1S/C14H16N4O/c15-7-1-2-14(19)18-13-5-3-11(4-6-13)12-8-16-10-17-9-12/h3-6,8-10H,1-2,7,15H2,(H,18,19). The predicted molar refractivity (Wildman–Crippen MR) is 74.4 cm³/mol. The predicted octanol–water partition coefficient (Wildman–Crippen LogP) is 1.82. The van der Waals surface area contributed by atoms with Crippen LogP contribution in [0.1, 0.15) is 12.8 Å². The lowest BCUT2D eigenvalue weighted by Gasteiger charge is -2.06. The molecule has 0 radical (unpaired) electrons. The summed E-state index contributed by atoms with van der Waals surface area (Å²) in [6, 6.07) is 7.58. The summed E-state index contributed by atoms with van der Waals surface area (Å²) < 4.78 is 0. The van der Waals surface area contributed by atoms with Crippen LogP contribution in [0.3, 0.4) is 0 Å². The van der Waals surface area contributed by atoms with E-state index in [2.05, 4.69) is 15.3 Å². The molecule has 0 fully saturated rings. The van der Waals surface area contributed by atoms with E-state index < -0.39 is 0 Å². The van der Waals surface area contributed by atoms with Gasteiger partial charge in [-0.05, 0) is 30.7 Å². The quantitative estimate of drug-likeness (QED) is 0.855. The lowest BCUT2D eigenvalue weighted by Crippen LogP contribution is -2.13. The van der Waals surface area contributed by atoms with Gasteiger partial charge in [-0.2, -0.15) is 0 Å². The Morgan fingerprint density at radius 3 is 2.42 bits per heavy atom. The number of anilines is 1. The molecule has 2 rings (SSSR count). The summed E-state index contributed by atoms with van der Waals surface area (Å²) in [5, 5.41) is 2.83. The second-order valence-electron chi connectivity index (χ2n) is 4.14. The average Bonchev–Trinajstić information content (AvgIpc) is 2.47. The zero-order chi connectivity index (χ0) is 13.5. The highest BCUT2D eigenvalue weighted by Gasteiger charge is 2.02. The number of carbonyl (C=O) groups is 1. The van der Waals surface area contributed by atoms with Crippen LogP contribution in [0.15, 0.2) is 43.0 Å². The molecule has 5 nitrogen and oxygen atoms in total. The van der Waals surface area contributed by atoms with Crippen LogP contribution in [-0.2, 0) is 4.79 Å². The van der Waals surface area contributed by atoms with E-state index in [-0.39, 0.29) is 5.91 Å². The Kier molecular flexibility index (Phi) is 4.58. The molecule has 2 aromatic rings. The van der Waals surface area contributed by atoms with Gasteiger partial charge in [0.1, 0.15) is 6.33 Å². The highest BCUT2D eigenvalue weighted by Crippen LogP contribution is 2.19. The topological polar surface area (TPSA) is 80.9 Å². The van der Waals surface area contributed by atoms with Crippen molar-refractivity contribution in [2.75, 3.05) is 11.9 Å². The molecule has 0 atom stereocenters. The summed E-state index contributed by atoms with van der Waals surface area (Å²) in [7, 11) is 0. The number of carbonyl (C=O) groups excluding carboxylic acids is 1. The molecule has 5 heteroatoms. The lowest BCUT2D eigenvalue weighted by atomic mass is 10.1. The SMILES string of the molecule is NCCCC(=O)Nc1ccc(-c2cncnc2)cc1. The van der Waals surface area contributed by atoms with Crippen LogP contribution in [0, 0.1) is 0 Å². The first-order chi connectivity index (χ1) is 9.29. The highest BCUT2D eigenvalue weighted by atomic mass is 16.1. The lowest BCUT2D eigenvalue weighted by molar-refractivity contribution is -0.116. The number of aromatic nitrogens is 2. The van der Waals surface area contributed by atoms with Gasteiger partial charge in [-0.25, -0.2) is 9.97 Å². The van der Waals surface area contributed by atoms with Crippen LogP contribution in [-0.4, -0.2) is 22.4 Å². The van der Waals surface area contributed by atoms with Crippen molar-refractivity contribution in [3.63, 3.8) is 0 Å². The maximum atomic E-state index is 11.5. The van der Waals surface area contributed by atoms with Crippen molar-refractivity contribution in [2.24, 2.45) is 5.73 Å². The minimum atomic E-state index is -0.0127. The Bertz CT molecular complexity index is 525. The summed E-state index contributed by atoms with van der Waals surface area (Å²) in [5.74, 6) is -0.0127. The third kappa shape index (κ3) is 3.86. The number of rotatable bonds is 5. The zero-order valence-electron chi connectivity index (χ0n) is 10.5. The summed E-state index contributed by atoms with van der Waals surface area (Å²) in [6.07, 6.45) is 6.15. The van der Waals surface area contributed by atoms with Gasteiger partial charge in [-0.3, -0.25) is 4.79 Å². The van der Waals surface area contributed by atoms with E-state index in [9.17, 15) is 4.79 Å². The summed E-state index contributed by atoms with van der Waals surface area (Å²) in [6.45, 7) is 0.528. The number of nitrogens with zero attached hydrogens (tertiary/aromatic N) is 2. The number of hydrogen-bond acceptors (Lipinski definition) is 4. The minimum Gasteiger partial charge on any atom is -0.330 e. The fourth-order valence-corrected chi connectivity index (χ4v) is 1.68. The van der Waals surface area contributed by atoms with Crippen molar-refractivity contribution in [1.29, 1.82) is 0 Å². The van der Waals surface area contributed by atoms with Gasteiger partial charge in [0.2, 0.25) is 5.91 Å². The van der Waals surface area contributed by atoms with E-state index in [0.29, 0.717) is 19.4 Å². The average molecular weight is 256 g/mol. The maximum Gasteiger partial charge on any atom is 0.224 e. The third-order valence-corrected chi connectivity index (χ3v) is 2.67. The summed E-state index contributed by atoms with van der Waals surface area (Å²) in [4.78, 5) is 19.5. The Morgan fingerprint density at radius 1 is 1.11 bits per heavy atom. The fraction of sp³-hybridized carbons (Fsp3) is 0.214. The second-order valence-corrected chi connectivity index (χ2v) is 4.14. The van der Waals surface area contributed by atoms with Gasteiger partial charge in [-0.1, -0.05) is 12.1 Å². The molecule has 98 valence electrons. The molecule has 0 saturated carbocycles. The first-order valence-electron chi connectivity index (χ1n) is 6.15. The van der Waals surface area contributed by atoms with E-state index >= 15 is 0 Å². The molecule has 0 aliphatic rings. The molecule has 0 saturated heterocycles. The zero-order valence-corrected chi connectivity index (χ0v) is 10.5. The van der Waals surface area contributed by atoms with Crippen LogP contribution in [0.5, 0.6) is 0 Å². The highest BCUT2D eigenvalue weighted by molar-refractivity contribution is 5.90. The van der Waals surface area contributed by atoms with E-state index in [1.54, 1.807) is 12.4 Å². The van der Waals surface area contributed by atoms with Gasteiger partial charge in [0, 0.05) is 30.1 Å². The molecule has 1 aromatic carbocycles. The molecule has 1 aromatic heterocycles. The molecule has 0 aliphatic heterocycles. The van der Waals surface area contributed by atoms with Crippen LogP contribution in [0.4, 0.5) is 5.69 Å². The third-order valence-electron chi connectivity index (χ3n) is 2.67. The number of nitrogens with two attached hydrogens (primary N) is 1. The normalized spacial score (nSPS) is 10.2. The molecule has 3 N–H and O–H groups in total. The van der Waals surface area contributed by atoms with Gasteiger partial charge in [0.25, 0.3) is 0 Å². The van der Waals surface area contributed by atoms with E-state index in [1.165, 1.54) is 6.33 Å². The molecule has 0 unspecified atom stereocenters. The van der Waals surface area contributed by atoms with Crippen LogP contribution in [0.25, 0.3) is 11.1 Å². The van der Waals surface area contributed by atoms with Crippen LogP contribution in [0.2, 0.25) is 0 Å². The van der Waals surface area contributed by atoms with Crippen molar-refractivity contribution in [3.8, 4) is 11.1 Å². The number of amides is 1. The van der Waals surface area contributed by atoms with Crippen LogP contribution >= 0.6 is 0 Å². The van der Waals surface area contributed by atoms with Crippen molar-refractivity contribution in [3.05, 3.63) is 43.0 Å². The Balaban J connectivity index is 2.01. The first kappa shape index (κ1) is 13.2.